The maximum absolute atomic E-state index is 12.9. The second kappa shape index (κ2) is 6.92. The lowest BCUT2D eigenvalue weighted by atomic mass is 10.1. The molecule has 112 valence electrons. The van der Waals surface area contributed by atoms with Crippen LogP contribution >= 0.6 is 12.2 Å². The third-order valence-electron chi connectivity index (χ3n) is 2.88. The molecule has 0 aliphatic carbocycles. The number of hydrogen-bond donors (Lipinski definition) is 2. The Kier molecular flexibility index (Phi) is 5.80. The highest BCUT2D eigenvalue weighted by Gasteiger charge is 2.34. The zero-order chi connectivity index (χ0) is 15.3. The minimum atomic E-state index is -4.46. The van der Waals surface area contributed by atoms with Gasteiger partial charge in [0.15, 0.2) is 0 Å². The van der Waals surface area contributed by atoms with Gasteiger partial charge in [-0.2, -0.15) is 13.2 Å². The van der Waals surface area contributed by atoms with Gasteiger partial charge in [-0.3, -0.25) is 0 Å². The van der Waals surface area contributed by atoms with Crippen molar-refractivity contribution in [3.63, 3.8) is 0 Å². The van der Waals surface area contributed by atoms with Gasteiger partial charge in [-0.1, -0.05) is 26.1 Å². The predicted molar refractivity (Wildman–Crippen MR) is 79.9 cm³/mol. The Balaban J connectivity index is 2.83. The van der Waals surface area contributed by atoms with Crippen molar-refractivity contribution in [1.29, 1.82) is 0 Å². The molecule has 0 aliphatic heterocycles. The highest BCUT2D eigenvalue weighted by molar-refractivity contribution is 7.80. The van der Waals surface area contributed by atoms with Gasteiger partial charge in [-0.25, -0.2) is 0 Å². The van der Waals surface area contributed by atoms with Crippen LogP contribution in [-0.2, 0) is 6.18 Å². The molecule has 0 amide bonds. The highest BCUT2D eigenvalue weighted by Crippen LogP contribution is 2.33. The molecule has 0 radical (unpaired) electrons. The third-order valence-corrected chi connectivity index (χ3v) is 3.10. The van der Waals surface area contributed by atoms with Crippen molar-refractivity contribution in [2.45, 2.75) is 32.9 Å². The molecule has 0 saturated heterocycles. The normalized spacial score (nSPS) is 11.7. The van der Waals surface area contributed by atoms with Gasteiger partial charge in [-0.05, 0) is 37.0 Å². The Labute approximate surface area is 122 Å². The number of alkyl halides is 3. The molecule has 1 rings (SSSR count). The molecule has 0 fully saturated rings. The summed E-state index contributed by atoms with van der Waals surface area (Å²) >= 11 is 4.65. The number of benzene rings is 1. The summed E-state index contributed by atoms with van der Waals surface area (Å²) in [5, 5.41) is 2.99. The van der Waals surface area contributed by atoms with E-state index in [9.17, 15) is 13.2 Å². The van der Waals surface area contributed by atoms with E-state index in [1.807, 2.05) is 0 Å². The Morgan fingerprint density at radius 1 is 1.35 bits per heavy atom. The number of nitrogens with one attached hydrogen (secondary N) is 1. The molecule has 6 heteroatoms. The summed E-state index contributed by atoms with van der Waals surface area (Å²) in [6.45, 7) is 4.86. The standard InChI is InChI=1S/C14H19F3N2S/c1-9(2)4-3-7-19-10-5-6-11(13(18)20)12(8-10)14(15,16)17/h5-6,8-9,19H,3-4,7H2,1-2H3,(H2,18,20). The van der Waals surface area contributed by atoms with E-state index in [0.29, 0.717) is 18.2 Å². The molecule has 0 unspecified atom stereocenters. The van der Waals surface area contributed by atoms with Gasteiger partial charge < -0.3 is 11.1 Å². The molecule has 0 aromatic heterocycles. The van der Waals surface area contributed by atoms with Gasteiger partial charge in [0.1, 0.15) is 4.99 Å². The van der Waals surface area contributed by atoms with Gasteiger partial charge in [0.25, 0.3) is 0 Å². The molecular formula is C14H19F3N2S. The number of rotatable bonds is 6. The van der Waals surface area contributed by atoms with Gasteiger partial charge in [0, 0.05) is 17.8 Å². The van der Waals surface area contributed by atoms with E-state index in [2.05, 4.69) is 31.4 Å². The Bertz CT molecular complexity index is 470. The van der Waals surface area contributed by atoms with Crippen molar-refractivity contribution < 1.29 is 13.2 Å². The summed E-state index contributed by atoms with van der Waals surface area (Å²) in [5.41, 5.74) is 4.83. The minimum absolute atomic E-state index is 0.139. The second-order valence-electron chi connectivity index (χ2n) is 5.09. The van der Waals surface area contributed by atoms with E-state index >= 15 is 0 Å². The molecule has 20 heavy (non-hydrogen) atoms. The molecule has 3 N–H and O–H groups in total. The first-order chi connectivity index (χ1) is 9.21. The van der Waals surface area contributed by atoms with E-state index in [1.54, 1.807) is 6.07 Å². The van der Waals surface area contributed by atoms with Gasteiger partial charge in [-0.15, -0.1) is 0 Å². The lowest BCUT2D eigenvalue weighted by Crippen LogP contribution is -2.18. The van der Waals surface area contributed by atoms with Crippen LogP contribution in [0.4, 0.5) is 18.9 Å². The fourth-order valence-corrected chi connectivity index (χ4v) is 2.02. The molecule has 0 aliphatic rings. The summed E-state index contributed by atoms with van der Waals surface area (Å²) in [4.78, 5) is -0.247. The molecule has 0 spiro atoms. The number of halogens is 3. The summed E-state index contributed by atoms with van der Waals surface area (Å²) < 4.78 is 38.8. The molecule has 0 bridgehead atoms. The zero-order valence-electron chi connectivity index (χ0n) is 11.6. The zero-order valence-corrected chi connectivity index (χ0v) is 12.4. The molecule has 1 aromatic carbocycles. The lowest BCUT2D eigenvalue weighted by molar-refractivity contribution is -0.137. The number of anilines is 1. The maximum Gasteiger partial charge on any atom is 0.417 e. The average molecular weight is 304 g/mol. The number of nitrogens with two attached hydrogens (primary N) is 1. The van der Waals surface area contributed by atoms with Crippen LogP contribution < -0.4 is 11.1 Å². The van der Waals surface area contributed by atoms with Crippen LogP contribution in [0.2, 0.25) is 0 Å². The largest absolute Gasteiger partial charge is 0.417 e. The molecule has 0 heterocycles. The fourth-order valence-electron chi connectivity index (χ4n) is 1.85. The van der Waals surface area contributed by atoms with Crippen molar-refractivity contribution in [1.82, 2.24) is 0 Å². The van der Waals surface area contributed by atoms with E-state index in [1.165, 1.54) is 6.07 Å². The Hall–Kier alpha value is -1.30. The smallest absolute Gasteiger partial charge is 0.389 e. The first-order valence-corrected chi connectivity index (χ1v) is 6.87. The average Bonchev–Trinajstić information content (AvgIpc) is 2.33. The van der Waals surface area contributed by atoms with Crippen molar-refractivity contribution >= 4 is 22.9 Å². The van der Waals surface area contributed by atoms with Gasteiger partial charge in [0.05, 0.1) is 5.56 Å². The Morgan fingerprint density at radius 2 is 2.00 bits per heavy atom. The van der Waals surface area contributed by atoms with Crippen molar-refractivity contribution in [3.8, 4) is 0 Å². The highest BCUT2D eigenvalue weighted by atomic mass is 32.1. The van der Waals surface area contributed by atoms with Gasteiger partial charge in [0.2, 0.25) is 0 Å². The van der Waals surface area contributed by atoms with Crippen molar-refractivity contribution in [2.24, 2.45) is 11.7 Å². The summed E-state index contributed by atoms with van der Waals surface area (Å²) in [7, 11) is 0. The summed E-state index contributed by atoms with van der Waals surface area (Å²) in [6.07, 6.45) is -2.52. The van der Waals surface area contributed by atoms with Crippen molar-refractivity contribution in [3.05, 3.63) is 29.3 Å². The lowest BCUT2D eigenvalue weighted by Gasteiger charge is -2.15. The third kappa shape index (κ3) is 5.00. The maximum atomic E-state index is 12.9. The van der Waals surface area contributed by atoms with Crippen LogP contribution in [-0.4, -0.2) is 11.5 Å². The predicted octanol–water partition coefficient (Wildman–Crippen LogP) is 4.19. The molecule has 0 atom stereocenters. The first kappa shape index (κ1) is 16.8. The topological polar surface area (TPSA) is 38.0 Å². The molecule has 1 aromatic rings. The second-order valence-corrected chi connectivity index (χ2v) is 5.53. The van der Waals surface area contributed by atoms with Crippen LogP contribution in [0.25, 0.3) is 0 Å². The molecule has 0 saturated carbocycles. The fraction of sp³-hybridized carbons (Fsp3) is 0.500. The van der Waals surface area contributed by atoms with Crippen LogP contribution in [0.15, 0.2) is 18.2 Å². The minimum Gasteiger partial charge on any atom is -0.389 e. The number of hydrogen-bond acceptors (Lipinski definition) is 2. The van der Waals surface area contributed by atoms with Crippen molar-refractivity contribution in [2.75, 3.05) is 11.9 Å². The van der Waals surface area contributed by atoms with E-state index in [4.69, 9.17) is 5.73 Å². The molecule has 2 nitrogen and oxygen atoms in total. The van der Waals surface area contributed by atoms with Gasteiger partial charge >= 0.3 is 6.18 Å². The quantitative estimate of drug-likeness (QED) is 0.611. The first-order valence-electron chi connectivity index (χ1n) is 6.46. The van der Waals surface area contributed by atoms with Crippen LogP contribution in [0.1, 0.15) is 37.8 Å². The Morgan fingerprint density at radius 3 is 2.50 bits per heavy atom. The van der Waals surface area contributed by atoms with Crippen LogP contribution in [0.5, 0.6) is 0 Å². The van der Waals surface area contributed by atoms with Crippen LogP contribution in [0, 0.1) is 5.92 Å². The number of thiocarbonyl (C=S) groups is 1. The SMILES string of the molecule is CC(C)CCCNc1ccc(C(N)=S)c(C(F)(F)F)c1. The summed E-state index contributed by atoms with van der Waals surface area (Å²) in [6, 6.07) is 3.94. The monoisotopic (exact) mass is 304 g/mol. The van der Waals surface area contributed by atoms with E-state index < -0.39 is 11.7 Å². The molecular weight excluding hydrogens is 285 g/mol. The van der Waals surface area contributed by atoms with Crippen LogP contribution in [0.3, 0.4) is 0 Å². The van der Waals surface area contributed by atoms with E-state index in [0.717, 1.165) is 18.9 Å². The van der Waals surface area contributed by atoms with E-state index in [-0.39, 0.29) is 10.6 Å². The summed E-state index contributed by atoms with van der Waals surface area (Å²) in [5.74, 6) is 0.583.